The molecule has 27 heavy (non-hydrogen) atoms. The summed E-state index contributed by atoms with van der Waals surface area (Å²) < 4.78 is 0. The quantitative estimate of drug-likeness (QED) is 0.453. The van der Waals surface area contributed by atoms with Crippen LogP contribution in [0.15, 0.2) is 48.6 Å². The SMILES string of the molecule is CC[C@@H](O)/C=C/[C@H]1[C@H](O)CC(=O)[C@@H]1C/C=C\C/C=C\C/C=C\CCC(=O)O. The maximum atomic E-state index is 12.1. The van der Waals surface area contributed by atoms with Crippen LogP contribution in [0.5, 0.6) is 0 Å². The van der Waals surface area contributed by atoms with Gasteiger partial charge in [-0.05, 0) is 32.1 Å². The van der Waals surface area contributed by atoms with Gasteiger partial charge in [0.25, 0.3) is 0 Å². The fourth-order valence-electron chi connectivity index (χ4n) is 3.03. The Morgan fingerprint density at radius 3 is 2.41 bits per heavy atom. The monoisotopic (exact) mass is 376 g/mol. The first kappa shape index (κ1) is 23.1. The van der Waals surface area contributed by atoms with E-state index in [2.05, 4.69) is 0 Å². The number of ketones is 1. The van der Waals surface area contributed by atoms with Crippen LogP contribution in [0.1, 0.15) is 51.9 Å². The van der Waals surface area contributed by atoms with E-state index in [4.69, 9.17) is 5.11 Å². The second-order valence-corrected chi connectivity index (χ2v) is 6.84. The van der Waals surface area contributed by atoms with Gasteiger partial charge in [-0.2, -0.15) is 0 Å². The Morgan fingerprint density at radius 1 is 1.15 bits per heavy atom. The zero-order chi connectivity index (χ0) is 20.1. The zero-order valence-corrected chi connectivity index (χ0v) is 16.0. The van der Waals surface area contributed by atoms with Crippen molar-refractivity contribution in [3.63, 3.8) is 0 Å². The summed E-state index contributed by atoms with van der Waals surface area (Å²) in [6.45, 7) is 1.88. The number of carboxylic acid groups (broad SMARTS) is 1. The largest absolute Gasteiger partial charge is 0.481 e. The second kappa shape index (κ2) is 13.2. The Morgan fingerprint density at radius 2 is 1.78 bits per heavy atom. The van der Waals surface area contributed by atoms with Gasteiger partial charge >= 0.3 is 5.97 Å². The molecule has 1 saturated carbocycles. The standard InChI is InChI=1S/C22H32O5/c1-2-17(23)14-15-19-18(20(24)16-21(19)25)12-10-8-6-4-3-5-7-9-11-13-22(26)27/h3-4,7-10,14-15,17-19,21,23,25H,2,5-6,11-13,16H2,1H3,(H,26,27)/b4-3-,9-7-,10-8-,15-14+/t17-,18-,19-,21-/m1/s1. The van der Waals surface area contributed by atoms with E-state index in [1.807, 2.05) is 43.4 Å². The number of hydrogen-bond acceptors (Lipinski definition) is 4. The molecule has 0 aliphatic heterocycles. The van der Waals surface area contributed by atoms with Gasteiger partial charge in [0.05, 0.1) is 12.2 Å². The highest BCUT2D eigenvalue weighted by molar-refractivity contribution is 5.84. The molecular formula is C22H32O5. The maximum Gasteiger partial charge on any atom is 0.303 e. The Labute approximate surface area is 161 Å². The first-order chi connectivity index (χ1) is 13.0. The van der Waals surface area contributed by atoms with E-state index >= 15 is 0 Å². The summed E-state index contributed by atoms with van der Waals surface area (Å²) in [5, 5.41) is 28.2. The number of carboxylic acids is 1. The Bertz CT molecular complexity index is 573. The molecule has 0 heterocycles. The van der Waals surface area contributed by atoms with Crippen LogP contribution in [0.3, 0.4) is 0 Å². The lowest BCUT2D eigenvalue weighted by Gasteiger charge is -2.16. The summed E-state index contributed by atoms with van der Waals surface area (Å²) in [6.07, 6.45) is 17.7. The fourth-order valence-corrected chi connectivity index (χ4v) is 3.03. The second-order valence-electron chi connectivity index (χ2n) is 6.84. The average molecular weight is 376 g/mol. The van der Waals surface area contributed by atoms with E-state index in [0.29, 0.717) is 19.3 Å². The average Bonchev–Trinajstić information content (AvgIpc) is 2.90. The lowest BCUT2D eigenvalue weighted by molar-refractivity contribution is -0.136. The van der Waals surface area contributed by atoms with Crippen molar-refractivity contribution in [2.24, 2.45) is 11.8 Å². The molecule has 0 saturated heterocycles. The number of allylic oxidation sites excluding steroid dienone is 6. The molecule has 0 spiro atoms. The third-order valence-corrected chi connectivity index (χ3v) is 4.67. The minimum atomic E-state index is -0.784. The summed E-state index contributed by atoms with van der Waals surface area (Å²) >= 11 is 0. The number of carbonyl (C=O) groups is 2. The topological polar surface area (TPSA) is 94.8 Å². The summed E-state index contributed by atoms with van der Waals surface area (Å²) in [6, 6.07) is 0. The van der Waals surface area contributed by atoms with Crippen molar-refractivity contribution in [2.45, 2.75) is 64.1 Å². The van der Waals surface area contributed by atoms with Gasteiger partial charge in [0.15, 0.2) is 0 Å². The molecule has 1 aliphatic rings. The number of carbonyl (C=O) groups excluding carboxylic acids is 1. The van der Waals surface area contributed by atoms with Crippen molar-refractivity contribution in [1.29, 1.82) is 0 Å². The zero-order valence-electron chi connectivity index (χ0n) is 16.0. The van der Waals surface area contributed by atoms with E-state index in [0.717, 1.165) is 12.8 Å². The Hall–Kier alpha value is -1.98. The predicted molar refractivity (Wildman–Crippen MR) is 106 cm³/mol. The number of aliphatic carboxylic acids is 1. The Balaban J connectivity index is 2.35. The van der Waals surface area contributed by atoms with Gasteiger partial charge in [0.1, 0.15) is 5.78 Å². The highest BCUT2D eigenvalue weighted by Gasteiger charge is 2.39. The summed E-state index contributed by atoms with van der Waals surface area (Å²) in [4.78, 5) is 22.5. The number of aliphatic hydroxyl groups is 2. The number of Topliss-reactive ketones (excluding diaryl/α,β-unsaturated/α-hetero) is 1. The summed E-state index contributed by atoms with van der Waals surface area (Å²) in [7, 11) is 0. The van der Waals surface area contributed by atoms with E-state index in [1.165, 1.54) is 0 Å². The van der Waals surface area contributed by atoms with Crippen molar-refractivity contribution >= 4 is 11.8 Å². The highest BCUT2D eigenvalue weighted by Crippen LogP contribution is 2.33. The number of aliphatic hydroxyl groups excluding tert-OH is 2. The Kier molecular flexibility index (Phi) is 11.3. The predicted octanol–water partition coefficient (Wildman–Crippen LogP) is 3.58. The van der Waals surface area contributed by atoms with Gasteiger partial charge in [0, 0.05) is 24.7 Å². The lowest BCUT2D eigenvalue weighted by atomic mass is 9.90. The lowest BCUT2D eigenvalue weighted by Crippen LogP contribution is -2.18. The van der Waals surface area contributed by atoms with Gasteiger partial charge in [-0.15, -0.1) is 0 Å². The van der Waals surface area contributed by atoms with Crippen molar-refractivity contribution < 1.29 is 24.9 Å². The molecule has 0 aromatic carbocycles. The molecule has 0 aromatic heterocycles. The van der Waals surface area contributed by atoms with E-state index < -0.39 is 18.2 Å². The van der Waals surface area contributed by atoms with Crippen LogP contribution in [0, 0.1) is 11.8 Å². The minimum Gasteiger partial charge on any atom is -0.481 e. The highest BCUT2D eigenvalue weighted by atomic mass is 16.4. The van der Waals surface area contributed by atoms with Crippen molar-refractivity contribution in [2.75, 3.05) is 0 Å². The van der Waals surface area contributed by atoms with Gasteiger partial charge in [-0.3, -0.25) is 9.59 Å². The third kappa shape index (κ3) is 9.50. The molecule has 5 heteroatoms. The molecular weight excluding hydrogens is 344 g/mol. The van der Waals surface area contributed by atoms with E-state index in [-0.39, 0.29) is 30.5 Å². The molecule has 0 unspecified atom stereocenters. The first-order valence-corrected chi connectivity index (χ1v) is 9.69. The van der Waals surface area contributed by atoms with E-state index in [9.17, 15) is 19.8 Å². The molecule has 5 nitrogen and oxygen atoms in total. The van der Waals surface area contributed by atoms with Gasteiger partial charge in [0.2, 0.25) is 0 Å². The molecule has 0 radical (unpaired) electrons. The summed E-state index contributed by atoms with van der Waals surface area (Å²) in [5.41, 5.74) is 0. The van der Waals surface area contributed by atoms with Crippen LogP contribution in [0.4, 0.5) is 0 Å². The molecule has 1 rings (SSSR count). The maximum absolute atomic E-state index is 12.1. The van der Waals surface area contributed by atoms with Crippen LogP contribution in [-0.4, -0.2) is 39.3 Å². The number of hydrogen-bond donors (Lipinski definition) is 3. The van der Waals surface area contributed by atoms with Crippen molar-refractivity contribution in [3.05, 3.63) is 48.6 Å². The molecule has 3 N–H and O–H groups in total. The fraction of sp³-hybridized carbons (Fsp3) is 0.545. The van der Waals surface area contributed by atoms with Gasteiger partial charge in [-0.25, -0.2) is 0 Å². The molecule has 0 amide bonds. The van der Waals surface area contributed by atoms with Crippen LogP contribution >= 0.6 is 0 Å². The minimum absolute atomic E-state index is 0.0785. The first-order valence-electron chi connectivity index (χ1n) is 9.69. The van der Waals surface area contributed by atoms with Crippen LogP contribution in [0.2, 0.25) is 0 Å². The smallest absolute Gasteiger partial charge is 0.303 e. The molecule has 0 bridgehead atoms. The molecule has 0 aromatic rings. The van der Waals surface area contributed by atoms with Crippen LogP contribution in [0.25, 0.3) is 0 Å². The molecule has 4 atom stereocenters. The summed E-state index contributed by atoms with van der Waals surface area (Å²) in [5.74, 6) is -1.16. The molecule has 1 fully saturated rings. The van der Waals surface area contributed by atoms with Gasteiger partial charge in [-0.1, -0.05) is 55.5 Å². The third-order valence-electron chi connectivity index (χ3n) is 4.67. The van der Waals surface area contributed by atoms with Crippen LogP contribution in [-0.2, 0) is 9.59 Å². The molecule has 1 aliphatic carbocycles. The normalized spacial score (nSPS) is 24.9. The molecule has 150 valence electrons. The van der Waals surface area contributed by atoms with Gasteiger partial charge < -0.3 is 15.3 Å². The van der Waals surface area contributed by atoms with E-state index in [1.54, 1.807) is 12.2 Å². The van der Waals surface area contributed by atoms with Crippen LogP contribution < -0.4 is 0 Å². The van der Waals surface area contributed by atoms with Crippen molar-refractivity contribution in [1.82, 2.24) is 0 Å². The van der Waals surface area contributed by atoms with Crippen molar-refractivity contribution in [3.8, 4) is 0 Å². The number of rotatable bonds is 12.